The first-order valence-electron chi connectivity index (χ1n) is 9.54. The highest BCUT2D eigenvalue weighted by Crippen LogP contribution is 2.27. The number of nitrogens with one attached hydrogen (secondary N) is 2. The predicted octanol–water partition coefficient (Wildman–Crippen LogP) is 3.71. The van der Waals surface area contributed by atoms with E-state index in [0.29, 0.717) is 13.1 Å². The van der Waals surface area contributed by atoms with E-state index >= 15 is 0 Å². The van der Waals surface area contributed by atoms with Gasteiger partial charge in [-0.1, -0.05) is 19.1 Å². The van der Waals surface area contributed by atoms with Gasteiger partial charge in [-0.05, 0) is 51.0 Å². The van der Waals surface area contributed by atoms with Gasteiger partial charge in [0.25, 0.3) is 0 Å². The van der Waals surface area contributed by atoms with E-state index in [4.69, 9.17) is 9.73 Å². The minimum atomic E-state index is -0.629. The quantitative estimate of drug-likeness (QED) is 0.285. The van der Waals surface area contributed by atoms with Crippen LogP contribution in [0.4, 0.5) is 0 Å². The normalized spacial score (nSPS) is 20.7. The number of guanidine groups is 1. The maximum absolute atomic E-state index is 10.5. The molecule has 1 saturated heterocycles. The number of thioether (sulfide) groups is 1. The van der Waals surface area contributed by atoms with Crippen LogP contribution in [-0.2, 0) is 6.54 Å². The van der Waals surface area contributed by atoms with E-state index in [-0.39, 0.29) is 30.1 Å². The molecule has 0 amide bonds. The fourth-order valence-electron chi connectivity index (χ4n) is 2.69. The largest absolute Gasteiger partial charge is 0.490 e. The summed E-state index contributed by atoms with van der Waals surface area (Å²) in [6.07, 6.45) is 1.98. The molecule has 2 atom stereocenters. The molecule has 7 heteroatoms. The van der Waals surface area contributed by atoms with E-state index in [1.165, 1.54) is 5.56 Å². The van der Waals surface area contributed by atoms with Gasteiger partial charge in [-0.15, -0.1) is 24.0 Å². The van der Waals surface area contributed by atoms with Crippen molar-refractivity contribution in [2.75, 3.05) is 24.6 Å². The number of ether oxygens (including phenoxy) is 1. The van der Waals surface area contributed by atoms with Gasteiger partial charge >= 0.3 is 0 Å². The molecule has 1 aliphatic heterocycles. The van der Waals surface area contributed by atoms with Gasteiger partial charge in [0, 0.05) is 24.4 Å². The molecule has 0 saturated carbocycles. The molecule has 1 aromatic rings. The second kappa shape index (κ2) is 12.0. The highest BCUT2D eigenvalue weighted by molar-refractivity contribution is 14.0. The van der Waals surface area contributed by atoms with Gasteiger partial charge in [0.05, 0.1) is 18.2 Å². The van der Waals surface area contributed by atoms with E-state index in [1.807, 2.05) is 6.92 Å². The lowest BCUT2D eigenvalue weighted by atomic mass is 10.0. The van der Waals surface area contributed by atoms with Gasteiger partial charge < -0.3 is 20.5 Å². The zero-order valence-electron chi connectivity index (χ0n) is 16.9. The standard InChI is InChI=1S/C20H33N3O2S.HI/c1-5-16(4)25-18-11-15(3)7-8-17(18)12-22-19(21-6-2)23-13-20(24)9-10-26-14-20;/h7-8,11,16,24H,5-6,9-10,12-14H2,1-4H3,(H2,21,22,23);1H. The van der Waals surface area contributed by atoms with Gasteiger partial charge in [-0.2, -0.15) is 11.8 Å². The van der Waals surface area contributed by atoms with Crippen LogP contribution in [0.2, 0.25) is 0 Å². The van der Waals surface area contributed by atoms with Crippen LogP contribution >= 0.6 is 35.7 Å². The Morgan fingerprint density at radius 3 is 2.78 bits per heavy atom. The van der Waals surface area contributed by atoms with Crippen molar-refractivity contribution in [3.63, 3.8) is 0 Å². The van der Waals surface area contributed by atoms with E-state index in [2.05, 4.69) is 49.6 Å². The van der Waals surface area contributed by atoms with Gasteiger partial charge in [0.1, 0.15) is 5.75 Å². The third kappa shape index (κ3) is 8.07. The summed E-state index contributed by atoms with van der Waals surface area (Å²) in [5, 5.41) is 17.1. The third-order valence-electron chi connectivity index (χ3n) is 4.54. The SMILES string of the molecule is CCNC(=NCc1ccc(C)cc1OC(C)CC)NCC1(O)CCSC1.I. The molecule has 0 spiro atoms. The number of aryl methyl sites for hydroxylation is 1. The average molecular weight is 507 g/mol. The molecular weight excluding hydrogens is 473 g/mol. The van der Waals surface area contributed by atoms with Crippen LogP contribution in [0.1, 0.15) is 44.7 Å². The van der Waals surface area contributed by atoms with E-state index in [1.54, 1.807) is 11.8 Å². The molecule has 1 aliphatic rings. The van der Waals surface area contributed by atoms with Crippen molar-refractivity contribution in [3.05, 3.63) is 29.3 Å². The first-order chi connectivity index (χ1) is 12.5. The molecule has 27 heavy (non-hydrogen) atoms. The Morgan fingerprint density at radius 2 is 2.15 bits per heavy atom. The first-order valence-corrected chi connectivity index (χ1v) is 10.7. The summed E-state index contributed by atoms with van der Waals surface area (Å²) in [7, 11) is 0. The number of halogens is 1. The smallest absolute Gasteiger partial charge is 0.191 e. The van der Waals surface area contributed by atoms with E-state index < -0.39 is 5.60 Å². The van der Waals surface area contributed by atoms with Gasteiger partial charge in [-0.3, -0.25) is 0 Å². The van der Waals surface area contributed by atoms with Crippen molar-refractivity contribution in [2.24, 2.45) is 4.99 Å². The number of nitrogens with zero attached hydrogens (tertiary/aromatic N) is 1. The molecule has 5 nitrogen and oxygen atoms in total. The van der Waals surface area contributed by atoms with Crippen molar-refractivity contribution >= 4 is 41.7 Å². The van der Waals surface area contributed by atoms with Crippen molar-refractivity contribution in [3.8, 4) is 5.75 Å². The van der Waals surface area contributed by atoms with Gasteiger partial charge in [0.2, 0.25) is 0 Å². The number of aliphatic hydroxyl groups is 1. The van der Waals surface area contributed by atoms with Crippen molar-refractivity contribution in [2.45, 2.75) is 58.8 Å². The second-order valence-electron chi connectivity index (χ2n) is 7.02. The van der Waals surface area contributed by atoms with Crippen LogP contribution < -0.4 is 15.4 Å². The summed E-state index contributed by atoms with van der Waals surface area (Å²) < 4.78 is 6.07. The molecule has 2 unspecified atom stereocenters. The van der Waals surface area contributed by atoms with E-state index in [0.717, 1.165) is 48.2 Å². The Labute approximate surface area is 185 Å². The Bertz CT molecular complexity index is 607. The summed E-state index contributed by atoms with van der Waals surface area (Å²) in [5.74, 6) is 3.44. The van der Waals surface area contributed by atoms with Crippen LogP contribution in [0.3, 0.4) is 0 Å². The fourth-order valence-corrected chi connectivity index (χ4v) is 3.99. The molecule has 0 bridgehead atoms. The number of benzene rings is 1. The minimum Gasteiger partial charge on any atom is -0.490 e. The lowest BCUT2D eigenvalue weighted by Crippen LogP contribution is -2.47. The summed E-state index contributed by atoms with van der Waals surface area (Å²) in [6, 6.07) is 6.25. The summed E-state index contributed by atoms with van der Waals surface area (Å²) in [5.41, 5.74) is 1.63. The molecule has 0 aromatic heterocycles. The zero-order valence-corrected chi connectivity index (χ0v) is 20.0. The highest BCUT2D eigenvalue weighted by atomic mass is 127. The van der Waals surface area contributed by atoms with Crippen molar-refractivity contribution in [1.29, 1.82) is 0 Å². The third-order valence-corrected chi connectivity index (χ3v) is 5.78. The molecule has 3 N–H and O–H groups in total. The Balaban J connectivity index is 0.00000364. The number of hydrogen-bond acceptors (Lipinski definition) is 4. The maximum Gasteiger partial charge on any atom is 0.191 e. The lowest BCUT2D eigenvalue weighted by Gasteiger charge is -2.23. The summed E-state index contributed by atoms with van der Waals surface area (Å²) in [4.78, 5) is 4.70. The predicted molar refractivity (Wildman–Crippen MR) is 127 cm³/mol. The molecule has 1 aromatic carbocycles. The molecule has 2 rings (SSSR count). The topological polar surface area (TPSA) is 65.9 Å². The molecular formula is C20H34IN3O2S. The van der Waals surface area contributed by atoms with Crippen LogP contribution in [0.25, 0.3) is 0 Å². The Hall–Kier alpha value is -0.670. The van der Waals surface area contributed by atoms with Gasteiger partial charge in [0.15, 0.2) is 5.96 Å². The molecule has 1 fully saturated rings. The molecule has 1 heterocycles. The summed E-state index contributed by atoms with van der Waals surface area (Å²) in [6.45, 7) is 10.2. The maximum atomic E-state index is 10.5. The Kier molecular flexibility index (Phi) is 10.8. The van der Waals surface area contributed by atoms with Crippen LogP contribution in [0.5, 0.6) is 5.75 Å². The molecule has 0 aliphatic carbocycles. The first kappa shape index (κ1) is 24.4. The second-order valence-corrected chi connectivity index (χ2v) is 8.13. The van der Waals surface area contributed by atoms with E-state index in [9.17, 15) is 5.11 Å². The highest BCUT2D eigenvalue weighted by Gasteiger charge is 2.31. The van der Waals surface area contributed by atoms with Crippen molar-refractivity contribution < 1.29 is 9.84 Å². The minimum absolute atomic E-state index is 0. The fraction of sp³-hybridized carbons (Fsp3) is 0.650. The van der Waals surface area contributed by atoms with Crippen molar-refractivity contribution in [1.82, 2.24) is 10.6 Å². The number of hydrogen-bond donors (Lipinski definition) is 3. The average Bonchev–Trinajstić information content (AvgIpc) is 3.05. The Morgan fingerprint density at radius 1 is 1.37 bits per heavy atom. The molecule has 154 valence electrons. The van der Waals surface area contributed by atoms with Crippen LogP contribution in [-0.4, -0.2) is 47.4 Å². The number of aliphatic imine (C=N–C) groups is 1. The number of rotatable bonds is 8. The lowest BCUT2D eigenvalue weighted by molar-refractivity contribution is 0.0724. The van der Waals surface area contributed by atoms with Gasteiger partial charge in [-0.25, -0.2) is 4.99 Å². The zero-order chi connectivity index (χ0) is 19.0. The van der Waals surface area contributed by atoms with Crippen LogP contribution in [0.15, 0.2) is 23.2 Å². The summed E-state index contributed by atoms with van der Waals surface area (Å²) >= 11 is 1.80. The molecule has 0 radical (unpaired) electrons. The van der Waals surface area contributed by atoms with Crippen LogP contribution in [0, 0.1) is 6.92 Å². The monoisotopic (exact) mass is 507 g/mol.